The molecule has 0 unspecified atom stereocenters. The van der Waals surface area contributed by atoms with Gasteiger partial charge in [0.2, 0.25) is 5.91 Å². The molecule has 2 aromatic rings. The van der Waals surface area contributed by atoms with Crippen molar-refractivity contribution < 1.29 is 9.59 Å². The van der Waals surface area contributed by atoms with Crippen molar-refractivity contribution in [3.05, 3.63) is 58.3 Å². The number of hydrogen-bond acceptors (Lipinski definition) is 3. The first-order valence-corrected chi connectivity index (χ1v) is 7.11. The minimum absolute atomic E-state index is 0.103. The Balaban J connectivity index is 1.88. The Bertz CT molecular complexity index is 656. The summed E-state index contributed by atoms with van der Waals surface area (Å²) in [5, 5.41) is 5.26. The Labute approximate surface area is 130 Å². The molecule has 108 valence electrons. The molecule has 0 atom stereocenters. The number of nitrogens with zero attached hydrogens (tertiary/aromatic N) is 1. The number of aromatic nitrogens is 1. The number of aryl methyl sites for hydroxylation is 1. The van der Waals surface area contributed by atoms with Gasteiger partial charge in [0.25, 0.3) is 5.91 Å². The van der Waals surface area contributed by atoms with Crippen LogP contribution in [0, 0.1) is 6.92 Å². The first kappa shape index (κ1) is 15.2. The van der Waals surface area contributed by atoms with Crippen molar-refractivity contribution in [3.63, 3.8) is 0 Å². The van der Waals surface area contributed by atoms with E-state index < -0.39 is 0 Å². The molecule has 5 nitrogen and oxygen atoms in total. The van der Waals surface area contributed by atoms with Crippen molar-refractivity contribution in [3.8, 4) is 0 Å². The number of halogens is 1. The molecule has 2 N–H and O–H groups in total. The molecular weight excluding hydrogens is 334 g/mol. The van der Waals surface area contributed by atoms with E-state index in [0.717, 1.165) is 10.2 Å². The van der Waals surface area contributed by atoms with Crippen LogP contribution < -0.4 is 10.6 Å². The van der Waals surface area contributed by atoms with Crippen LogP contribution in [0.2, 0.25) is 0 Å². The molecule has 0 saturated carbocycles. The van der Waals surface area contributed by atoms with Gasteiger partial charge in [-0.2, -0.15) is 0 Å². The number of hydrogen-bond donors (Lipinski definition) is 2. The predicted molar refractivity (Wildman–Crippen MR) is 84.1 cm³/mol. The number of anilines is 1. The minimum atomic E-state index is -0.329. The summed E-state index contributed by atoms with van der Waals surface area (Å²) in [6.45, 7) is 1.74. The van der Waals surface area contributed by atoms with Crippen molar-refractivity contribution in [2.24, 2.45) is 0 Å². The molecule has 0 aliphatic rings. The molecule has 0 bridgehead atoms. The van der Waals surface area contributed by atoms with Crippen molar-refractivity contribution in [2.75, 3.05) is 11.9 Å². The summed E-state index contributed by atoms with van der Waals surface area (Å²) in [7, 11) is 0. The van der Waals surface area contributed by atoms with Gasteiger partial charge in [0.05, 0.1) is 17.8 Å². The van der Waals surface area contributed by atoms with E-state index in [1.807, 2.05) is 25.1 Å². The summed E-state index contributed by atoms with van der Waals surface area (Å²) in [6, 6.07) is 10.7. The Morgan fingerprint density at radius 2 is 1.95 bits per heavy atom. The topological polar surface area (TPSA) is 71.1 Å². The Morgan fingerprint density at radius 1 is 1.19 bits per heavy atom. The molecule has 21 heavy (non-hydrogen) atoms. The number of amides is 2. The van der Waals surface area contributed by atoms with Crippen LogP contribution in [0.3, 0.4) is 0 Å². The molecule has 2 amide bonds. The van der Waals surface area contributed by atoms with Crippen molar-refractivity contribution in [1.82, 2.24) is 10.3 Å². The lowest BCUT2D eigenvalue weighted by Crippen LogP contribution is -2.33. The molecule has 6 heteroatoms. The Hall–Kier alpha value is -2.21. The van der Waals surface area contributed by atoms with Gasteiger partial charge in [-0.3, -0.25) is 14.6 Å². The largest absolute Gasteiger partial charge is 0.343 e. The van der Waals surface area contributed by atoms with Gasteiger partial charge < -0.3 is 10.6 Å². The van der Waals surface area contributed by atoms with Crippen molar-refractivity contribution >= 4 is 33.4 Å². The number of rotatable bonds is 4. The maximum atomic E-state index is 11.8. The molecular formula is C15H14BrN3O2. The number of nitrogens with one attached hydrogen (secondary N) is 2. The van der Waals surface area contributed by atoms with E-state index in [4.69, 9.17) is 0 Å². The normalized spacial score (nSPS) is 10.0. The van der Waals surface area contributed by atoms with Crippen LogP contribution in [0.5, 0.6) is 0 Å². The average Bonchev–Trinajstić information content (AvgIpc) is 2.48. The first-order chi connectivity index (χ1) is 10.1. The fourth-order valence-electron chi connectivity index (χ4n) is 1.62. The lowest BCUT2D eigenvalue weighted by atomic mass is 10.2. The lowest BCUT2D eigenvalue weighted by molar-refractivity contribution is -0.115. The summed E-state index contributed by atoms with van der Waals surface area (Å²) >= 11 is 3.34. The van der Waals surface area contributed by atoms with E-state index in [1.54, 1.807) is 18.2 Å². The number of carbonyl (C=O) groups excluding carboxylic acids is 2. The molecule has 1 heterocycles. The molecule has 1 aromatic heterocycles. The third-order valence-electron chi connectivity index (χ3n) is 2.73. The fraction of sp³-hybridized carbons (Fsp3) is 0.133. The number of para-hydroxylation sites is 1. The van der Waals surface area contributed by atoms with Crippen LogP contribution in [0.4, 0.5) is 5.69 Å². The molecule has 0 saturated heterocycles. The Morgan fingerprint density at radius 3 is 2.62 bits per heavy atom. The highest BCUT2D eigenvalue weighted by Gasteiger charge is 2.09. The highest BCUT2D eigenvalue weighted by Crippen LogP contribution is 2.20. The quantitative estimate of drug-likeness (QED) is 0.892. The molecule has 0 aliphatic carbocycles. The summed E-state index contributed by atoms with van der Waals surface area (Å²) in [5.74, 6) is -0.625. The summed E-state index contributed by atoms with van der Waals surface area (Å²) in [4.78, 5) is 27.7. The van der Waals surface area contributed by atoms with E-state index in [0.29, 0.717) is 11.3 Å². The highest BCUT2D eigenvalue weighted by atomic mass is 79.9. The van der Waals surface area contributed by atoms with Gasteiger partial charge in [-0.05, 0) is 47.1 Å². The van der Waals surface area contributed by atoms with Crippen molar-refractivity contribution in [2.45, 2.75) is 6.92 Å². The maximum absolute atomic E-state index is 11.8. The fourth-order valence-corrected chi connectivity index (χ4v) is 2.01. The van der Waals surface area contributed by atoms with E-state index in [1.165, 1.54) is 6.20 Å². The molecule has 1 aromatic carbocycles. The summed E-state index contributed by atoms with van der Waals surface area (Å²) in [6.07, 6.45) is 1.48. The Kier molecular flexibility index (Phi) is 5.05. The second kappa shape index (κ2) is 6.99. The maximum Gasteiger partial charge on any atom is 0.253 e. The van der Waals surface area contributed by atoms with E-state index in [2.05, 4.69) is 31.5 Å². The van der Waals surface area contributed by atoms with Gasteiger partial charge in [0, 0.05) is 16.4 Å². The summed E-state index contributed by atoms with van der Waals surface area (Å²) < 4.78 is 0.785. The van der Waals surface area contributed by atoms with E-state index >= 15 is 0 Å². The van der Waals surface area contributed by atoms with Crippen molar-refractivity contribution in [1.29, 1.82) is 0 Å². The average molecular weight is 348 g/mol. The second-order valence-corrected chi connectivity index (χ2v) is 5.25. The van der Waals surface area contributed by atoms with Gasteiger partial charge >= 0.3 is 0 Å². The highest BCUT2D eigenvalue weighted by molar-refractivity contribution is 9.10. The molecule has 0 spiro atoms. The van der Waals surface area contributed by atoms with Crippen LogP contribution >= 0.6 is 15.9 Å². The van der Waals surface area contributed by atoms with Gasteiger partial charge in [-0.25, -0.2) is 0 Å². The van der Waals surface area contributed by atoms with Crippen LogP contribution in [0.25, 0.3) is 0 Å². The van der Waals surface area contributed by atoms with Gasteiger partial charge in [0.15, 0.2) is 0 Å². The van der Waals surface area contributed by atoms with E-state index in [9.17, 15) is 9.59 Å². The van der Waals surface area contributed by atoms with Crippen LogP contribution in [0.1, 0.15) is 16.1 Å². The molecule has 0 fully saturated rings. The number of pyridine rings is 1. The van der Waals surface area contributed by atoms with Crippen LogP contribution in [-0.2, 0) is 4.79 Å². The summed E-state index contributed by atoms with van der Waals surface area (Å²) in [5.41, 5.74) is 1.92. The zero-order valence-corrected chi connectivity index (χ0v) is 13.0. The molecule has 0 aliphatic heterocycles. The van der Waals surface area contributed by atoms with Gasteiger partial charge in [-0.15, -0.1) is 0 Å². The SMILES string of the molecule is Cc1ccc(C(=O)NCC(=O)Nc2ccccc2Br)cn1. The zero-order chi connectivity index (χ0) is 15.2. The third kappa shape index (κ3) is 4.39. The third-order valence-corrected chi connectivity index (χ3v) is 3.42. The standard InChI is InChI=1S/C15H14BrN3O2/c1-10-6-7-11(8-17-10)15(21)18-9-14(20)19-13-5-3-2-4-12(13)16/h2-8H,9H2,1H3,(H,18,21)(H,19,20). The number of benzene rings is 1. The van der Waals surface area contributed by atoms with Gasteiger partial charge in [0.1, 0.15) is 0 Å². The molecule has 0 radical (unpaired) electrons. The lowest BCUT2D eigenvalue weighted by Gasteiger charge is -2.08. The smallest absolute Gasteiger partial charge is 0.253 e. The molecule has 2 rings (SSSR count). The van der Waals surface area contributed by atoms with Crippen LogP contribution in [0.15, 0.2) is 47.1 Å². The monoisotopic (exact) mass is 347 g/mol. The minimum Gasteiger partial charge on any atom is -0.343 e. The predicted octanol–water partition coefficient (Wildman–Crippen LogP) is 2.52. The zero-order valence-electron chi connectivity index (χ0n) is 11.4. The number of carbonyl (C=O) groups is 2. The first-order valence-electron chi connectivity index (χ1n) is 6.31. The van der Waals surface area contributed by atoms with Gasteiger partial charge in [-0.1, -0.05) is 12.1 Å². The van der Waals surface area contributed by atoms with E-state index in [-0.39, 0.29) is 18.4 Å². The second-order valence-electron chi connectivity index (χ2n) is 4.40. The van der Waals surface area contributed by atoms with Crippen LogP contribution in [-0.4, -0.2) is 23.3 Å².